The highest BCUT2D eigenvalue weighted by atomic mass is 79.9. The molecule has 2 N–H and O–H groups in total. The molecule has 4 nitrogen and oxygen atoms in total. The molecule has 0 bridgehead atoms. The minimum Gasteiger partial charge on any atom is -0.273 e. The van der Waals surface area contributed by atoms with E-state index in [1.807, 2.05) is 30.3 Å². The summed E-state index contributed by atoms with van der Waals surface area (Å²) in [6.07, 6.45) is 0.147. The lowest BCUT2D eigenvalue weighted by Gasteiger charge is -2.08. The van der Waals surface area contributed by atoms with Gasteiger partial charge in [-0.1, -0.05) is 46.3 Å². The first-order valence-corrected chi connectivity index (χ1v) is 6.93. The minimum atomic E-state index is -0.586. The summed E-state index contributed by atoms with van der Waals surface area (Å²) in [5.74, 6) is -1.48. The second-order valence-corrected chi connectivity index (χ2v) is 5.24. The van der Waals surface area contributed by atoms with Crippen LogP contribution in [-0.4, -0.2) is 11.8 Å². The van der Waals surface area contributed by atoms with Gasteiger partial charge in [0.15, 0.2) is 0 Å². The molecule has 21 heavy (non-hydrogen) atoms. The Labute approximate surface area is 129 Å². The number of hydrazine groups is 1. The highest BCUT2D eigenvalue weighted by Crippen LogP contribution is 2.14. The lowest BCUT2D eigenvalue weighted by atomic mass is 10.1. The van der Waals surface area contributed by atoms with E-state index in [1.54, 1.807) is 0 Å². The van der Waals surface area contributed by atoms with E-state index in [2.05, 4.69) is 26.8 Å². The van der Waals surface area contributed by atoms with Gasteiger partial charge in [-0.05, 0) is 23.8 Å². The van der Waals surface area contributed by atoms with Gasteiger partial charge in [-0.3, -0.25) is 20.4 Å². The maximum atomic E-state index is 13.2. The van der Waals surface area contributed by atoms with E-state index in [4.69, 9.17) is 0 Å². The monoisotopic (exact) mass is 350 g/mol. The second kappa shape index (κ2) is 6.99. The van der Waals surface area contributed by atoms with Crippen LogP contribution in [0.4, 0.5) is 4.39 Å². The topological polar surface area (TPSA) is 58.2 Å². The number of halogens is 2. The number of carbonyl (C=O) groups excluding carboxylic acids is 2. The summed E-state index contributed by atoms with van der Waals surface area (Å²) in [6.45, 7) is 0. The zero-order chi connectivity index (χ0) is 15.2. The molecule has 2 aromatic carbocycles. The maximum Gasteiger partial charge on any atom is 0.269 e. The van der Waals surface area contributed by atoms with E-state index in [0.29, 0.717) is 4.47 Å². The number of carbonyl (C=O) groups is 2. The zero-order valence-electron chi connectivity index (χ0n) is 10.9. The van der Waals surface area contributed by atoms with Gasteiger partial charge in [0.05, 0.1) is 6.42 Å². The zero-order valence-corrected chi connectivity index (χ0v) is 12.5. The average Bonchev–Trinajstić information content (AvgIpc) is 2.45. The minimum absolute atomic E-state index is 0.113. The predicted octanol–water partition coefficient (Wildman–Crippen LogP) is 2.59. The Balaban J connectivity index is 1.90. The van der Waals surface area contributed by atoms with Crippen LogP contribution in [-0.2, 0) is 11.2 Å². The van der Waals surface area contributed by atoms with Crippen molar-refractivity contribution in [3.05, 3.63) is 69.9 Å². The van der Waals surface area contributed by atoms with Crippen LogP contribution in [0.3, 0.4) is 0 Å². The van der Waals surface area contributed by atoms with E-state index >= 15 is 0 Å². The fraction of sp³-hybridized carbons (Fsp3) is 0.0667. The molecule has 0 atom stereocenters. The number of hydrogen-bond donors (Lipinski definition) is 2. The lowest BCUT2D eigenvalue weighted by molar-refractivity contribution is -0.121. The Morgan fingerprint density at radius 1 is 1.05 bits per heavy atom. The van der Waals surface area contributed by atoms with Crippen LogP contribution >= 0.6 is 15.9 Å². The molecular weight excluding hydrogens is 339 g/mol. The Bertz CT molecular complexity index is 642. The third kappa shape index (κ3) is 4.68. The van der Waals surface area contributed by atoms with Crippen LogP contribution in [0.25, 0.3) is 0 Å². The predicted molar refractivity (Wildman–Crippen MR) is 79.9 cm³/mol. The molecule has 0 saturated carbocycles. The molecule has 2 amide bonds. The number of rotatable bonds is 3. The Morgan fingerprint density at radius 3 is 2.43 bits per heavy atom. The number of hydrogen-bond acceptors (Lipinski definition) is 2. The van der Waals surface area contributed by atoms with Crippen molar-refractivity contribution in [2.45, 2.75) is 6.42 Å². The van der Waals surface area contributed by atoms with E-state index in [-0.39, 0.29) is 17.9 Å². The highest BCUT2D eigenvalue weighted by Gasteiger charge is 2.10. The first-order valence-electron chi connectivity index (χ1n) is 6.14. The molecule has 0 fully saturated rings. The van der Waals surface area contributed by atoms with Crippen LogP contribution in [0.1, 0.15) is 15.9 Å². The SMILES string of the molecule is O=C(Cc1ccccc1)NNC(=O)c1cc(F)cc(Br)c1. The fourth-order valence-corrected chi connectivity index (χ4v) is 2.17. The fourth-order valence-electron chi connectivity index (χ4n) is 1.71. The van der Waals surface area contributed by atoms with Gasteiger partial charge in [-0.25, -0.2) is 4.39 Å². The smallest absolute Gasteiger partial charge is 0.269 e. The third-order valence-corrected chi connectivity index (χ3v) is 3.11. The normalized spacial score (nSPS) is 10.0. The Kier molecular flexibility index (Phi) is 5.05. The second-order valence-electron chi connectivity index (χ2n) is 4.32. The first-order chi connectivity index (χ1) is 10.0. The molecule has 2 rings (SSSR count). The van der Waals surface area contributed by atoms with Crippen molar-refractivity contribution in [3.63, 3.8) is 0 Å². The van der Waals surface area contributed by atoms with Crippen LogP contribution in [0, 0.1) is 5.82 Å². The van der Waals surface area contributed by atoms with Crippen LogP contribution in [0.15, 0.2) is 53.0 Å². The van der Waals surface area contributed by atoms with Gasteiger partial charge in [0.1, 0.15) is 5.82 Å². The summed E-state index contributed by atoms with van der Waals surface area (Å²) >= 11 is 3.10. The van der Waals surface area contributed by atoms with E-state index < -0.39 is 11.7 Å². The van der Waals surface area contributed by atoms with Crippen LogP contribution in [0.5, 0.6) is 0 Å². The van der Waals surface area contributed by atoms with E-state index in [0.717, 1.165) is 11.6 Å². The summed E-state index contributed by atoms with van der Waals surface area (Å²) in [4.78, 5) is 23.5. The van der Waals surface area contributed by atoms with Gasteiger partial charge in [0, 0.05) is 10.0 Å². The molecular formula is C15H12BrFN2O2. The van der Waals surface area contributed by atoms with Crippen molar-refractivity contribution in [2.24, 2.45) is 0 Å². The lowest BCUT2D eigenvalue weighted by Crippen LogP contribution is -2.42. The molecule has 0 saturated heterocycles. The molecule has 0 aliphatic carbocycles. The average molecular weight is 351 g/mol. The maximum absolute atomic E-state index is 13.2. The molecule has 108 valence electrons. The number of nitrogens with one attached hydrogen (secondary N) is 2. The summed E-state index contributed by atoms with van der Waals surface area (Å²) in [5.41, 5.74) is 5.48. The van der Waals surface area contributed by atoms with Crippen molar-refractivity contribution in [1.29, 1.82) is 0 Å². The molecule has 0 aromatic heterocycles. The third-order valence-electron chi connectivity index (χ3n) is 2.65. The van der Waals surface area contributed by atoms with Crippen LogP contribution in [0.2, 0.25) is 0 Å². The molecule has 0 unspecified atom stereocenters. The van der Waals surface area contributed by atoms with Crippen molar-refractivity contribution in [3.8, 4) is 0 Å². The highest BCUT2D eigenvalue weighted by molar-refractivity contribution is 9.10. The Hall–Kier alpha value is -2.21. The van der Waals surface area contributed by atoms with Gasteiger partial charge in [-0.2, -0.15) is 0 Å². The van der Waals surface area contributed by atoms with Crippen molar-refractivity contribution in [1.82, 2.24) is 10.9 Å². The number of amides is 2. The number of benzene rings is 2. The quantitative estimate of drug-likeness (QED) is 0.836. The molecule has 0 spiro atoms. The summed E-state index contributed by atoms with van der Waals surface area (Å²) in [6, 6.07) is 12.9. The molecule has 6 heteroatoms. The standard InChI is InChI=1S/C15H12BrFN2O2/c16-12-7-11(8-13(17)9-12)15(21)19-18-14(20)6-10-4-2-1-3-5-10/h1-5,7-9H,6H2,(H,18,20)(H,19,21). The van der Waals surface area contributed by atoms with Gasteiger partial charge >= 0.3 is 0 Å². The molecule has 0 aliphatic heterocycles. The largest absolute Gasteiger partial charge is 0.273 e. The molecule has 0 aliphatic rings. The molecule has 0 radical (unpaired) electrons. The Morgan fingerprint density at radius 2 is 1.76 bits per heavy atom. The summed E-state index contributed by atoms with van der Waals surface area (Å²) in [5, 5.41) is 0. The van der Waals surface area contributed by atoms with Crippen molar-refractivity contribution < 1.29 is 14.0 Å². The van der Waals surface area contributed by atoms with Crippen molar-refractivity contribution in [2.75, 3.05) is 0 Å². The summed E-state index contributed by atoms with van der Waals surface area (Å²) in [7, 11) is 0. The summed E-state index contributed by atoms with van der Waals surface area (Å²) < 4.78 is 13.6. The van der Waals surface area contributed by atoms with Crippen molar-refractivity contribution >= 4 is 27.7 Å². The van der Waals surface area contributed by atoms with Gasteiger partial charge in [0.2, 0.25) is 5.91 Å². The molecule has 0 heterocycles. The van der Waals surface area contributed by atoms with Gasteiger partial charge in [-0.15, -0.1) is 0 Å². The first kappa shape index (κ1) is 15.2. The van der Waals surface area contributed by atoms with E-state index in [1.165, 1.54) is 12.1 Å². The van der Waals surface area contributed by atoms with Gasteiger partial charge in [0.25, 0.3) is 5.91 Å². The van der Waals surface area contributed by atoms with Crippen LogP contribution < -0.4 is 10.9 Å². The molecule has 2 aromatic rings. The van der Waals surface area contributed by atoms with E-state index in [9.17, 15) is 14.0 Å². The van der Waals surface area contributed by atoms with Gasteiger partial charge < -0.3 is 0 Å².